The van der Waals surface area contributed by atoms with Crippen LogP contribution >= 0.6 is 11.6 Å². The highest BCUT2D eigenvalue weighted by atomic mass is 35.5. The van der Waals surface area contributed by atoms with Gasteiger partial charge in [-0.2, -0.15) is 5.26 Å². The van der Waals surface area contributed by atoms with Crippen molar-refractivity contribution >= 4 is 34.1 Å². The van der Waals surface area contributed by atoms with Crippen molar-refractivity contribution in [2.24, 2.45) is 0 Å². The Kier molecular flexibility index (Phi) is 7.21. The van der Waals surface area contributed by atoms with Gasteiger partial charge in [-0.05, 0) is 44.8 Å². The summed E-state index contributed by atoms with van der Waals surface area (Å²) in [6.45, 7) is 4.15. The Labute approximate surface area is 198 Å². The van der Waals surface area contributed by atoms with E-state index < -0.39 is 0 Å². The van der Waals surface area contributed by atoms with Crippen LogP contribution in [0.3, 0.4) is 0 Å². The van der Waals surface area contributed by atoms with E-state index in [4.69, 9.17) is 21.1 Å². The zero-order chi connectivity index (χ0) is 23.4. The Morgan fingerprint density at radius 2 is 2.09 bits per heavy atom. The van der Waals surface area contributed by atoms with Crippen LogP contribution in [0, 0.1) is 11.3 Å². The Balaban J connectivity index is 1.60. The number of nitriles is 1. The number of hydrogen-bond donors (Lipinski definition) is 0. The molecule has 9 heteroatoms. The molecule has 2 aliphatic heterocycles. The lowest BCUT2D eigenvalue weighted by Gasteiger charge is -2.37. The number of hydrogen-bond acceptors (Lipinski definition) is 7. The number of anilines is 1. The summed E-state index contributed by atoms with van der Waals surface area (Å²) >= 11 is 6.30. The molecule has 0 N–H and O–H groups in total. The highest BCUT2D eigenvalue weighted by Crippen LogP contribution is 2.37. The van der Waals surface area contributed by atoms with E-state index in [1.807, 2.05) is 32.3 Å². The second-order valence-corrected chi connectivity index (χ2v) is 8.84. The summed E-state index contributed by atoms with van der Waals surface area (Å²) in [6.07, 6.45) is 3.45. The maximum Gasteiger partial charge on any atom is 0.288 e. The summed E-state index contributed by atoms with van der Waals surface area (Å²) in [5.41, 5.74) is 1.88. The van der Waals surface area contributed by atoms with Crippen LogP contribution < -0.4 is 9.64 Å². The van der Waals surface area contributed by atoms with Crippen molar-refractivity contribution in [1.29, 1.82) is 5.26 Å². The van der Waals surface area contributed by atoms with Gasteiger partial charge in [0.25, 0.3) is 5.91 Å². The topological polar surface area (TPSA) is 81.9 Å². The highest BCUT2D eigenvalue weighted by Gasteiger charge is 2.29. The molecule has 0 radical (unpaired) electrons. The SMILES string of the molecule is CN(C)CCCOc1nc2ccc(Cl)cc2c(N2CCN(C(=O)C3=CCCO3)CC2)c1C#N. The number of carbonyl (C=O) groups excluding carboxylic acids is 1. The molecule has 1 aromatic heterocycles. The minimum atomic E-state index is -0.0693. The summed E-state index contributed by atoms with van der Waals surface area (Å²) in [7, 11) is 4.02. The number of carbonyl (C=O) groups is 1. The van der Waals surface area contributed by atoms with E-state index in [1.165, 1.54) is 0 Å². The molecule has 1 saturated heterocycles. The number of aromatic nitrogens is 1. The predicted octanol–water partition coefficient (Wildman–Crippen LogP) is 3.04. The van der Waals surface area contributed by atoms with Gasteiger partial charge in [-0.25, -0.2) is 4.98 Å². The molecule has 8 nitrogen and oxygen atoms in total. The van der Waals surface area contributed by atoms with Gasteiger partial charge in [0.1, 0.15) is 11.6 Å². The van der Waals surface area contributed by atoms with E-state index in [1.54, 1.807) is 11.0 Å². The molecular weight excluding hydrogens is 442 g/mol. The van der Waals surface area contributed by atoms with Gasteiger partial charge in [0, 0.05) is 49.6 Å². The fourth-order valence-corrected chi connectivity index (χ4v) is 4.31. The lowest BCUT2D eigenvalue weighted by molar-refractivity contribution is -0.130. The molecule has 0 unspecified atom stereocenters. The molecule has 0 saturated carbocycles. The summed E-state index contributed by atoms with van der Waals surface area (Å²) in [5.74, 6) is 0.708. The van der Waals surface area contributed by atoms with E-state index in [0.29, 0.717) is 61.6 Å². The first-order chi connectivity index (χ1) is 16.0. The summed E-state index contributed by atoms with van der Waals surface area (Å²) < 4.78 is 11.4. The normalized spacial score (nSPS) is 16.0. The van der Waals surface area contributed by atoms with Crippen LogP contribution in [-0.2, 0) is 9.53 Å². The van der Waals surface area contributed by atoms with Crippen molar-refractivity contribution in [1.82, 2.24) is 14.8 Å². The number of ether oxygens (including phenoxy) is 2. The van der Waals surface area contributed by atoms with E-state index >= 15 is 0 Å². The molecule has 0 bridgehead atoms. The number of halogens is 1. The molecule has 2 aliphatic rings. The molecule has 1 fully saturated rings. The van der Waals surface area contributed by atoms with Crippen LogP contribution in [0.15, 0.2) is 30.0 Å². The molecule has 174 valence electrons. The van der Waals surface area contributed by atoms with Crippen molar-refractivity contribution in [2.75, 3.05) is 64.9 Å². The summed E-state index contributed by atoms with van der Waals surface area (Å²) in [6, 6.07) is 7.78. The Morgan fingerprint density at radius 3 is 2.76 bits per heavy atom. The molecule has 4 rings (SSSR count). The average Bonchev–Trinajstić information content (AvgIpc) is 3.35. The van der Waals surface area contributed by atoms with Gasteiger partial charge < -0.3 is 24.2 Å². The largest absolute Gasteiger partial charge is 0.488 e. The second kappa shape index (κ2) is 10.3. The monoisotopic (exact) mass is 469 g/mol. The lowest BCUT2D eigenvalue weighted by Crippen LogP contribution is -2.49. The van der Waals surface area contributed by atoms with Gasteiger partial charge in [0.15, 0.2) is 5.76 Å². The van der Waals surface area contributed by atoms with Crippen LogP contribution in [0.25, 0.3) is 10.9 Å². The van der Waals surface area contributed by atoms with Crippen molar-refractivity contribution < 1.29 is 14.3 Å². The third kappa shape index (κ3) is 5.15. The maximum absolute atomic E-state index is 12.7. The van der Waals surface area contributed by atoms with E-state index in [9.17, 15) is 10.1 Å². The van der Waals surface area contributed by atoms with Crippen LogP contribution in [0.5, 0.6) is 5.88 Å². The standard InChI is InChI=1S/C24H28ClN5O3/c1-28(2)8-4-14-33-23-19(16-26)22(18-15-17(25)6-7-20(18)27-23)29-9-11-30(12-10-29)24(31)21-5-3-13-32-21/h5-7,15H,3-4,8-14H2,1-2H3. The van der Waals surface area contributed by atoms with Gasteiger partial charge in [-0.3, -0.25) is 4.79 Å². The third-order valence-corrected chi connectivity index (χ3v) is 6.02. The number of amides is 1. The van der Waals surface area contributed by atoms with Gasteiger partial charge in [-0.1, -0.05) is 11.6 Å². The summed E-state index contributed by atoms with van der Waals surface area (Å²) in [5, 5.41) is 11.4. The second-order valence-electron chi connectivity index (χ2n) is 8.40. The van der Waals surface area contributed by atoms with Gasteiger partial charge >= 0.3 is 0 Å². The quantitative estimate of drug-likeness (QED) is 0.576. The molecule has 3 heterocycles. The molecule has 2 aromatic rings. The first kappa shape index (κ1) is 23.1. The maximum atomic E-state index is 12.7. The van der Waals surface area contributed by atoms with E-state index in [-0.39, 0.29) is 5.91 Å². The minimum Gasteiger partial charge on any atom is -0.488 e. The number of benzene rings is 1. The number of fused-ring (bicyclic) bond motifs is 1. The molecule has 33 heavy (non-hydrogen) atoms. The molecule has 1 aromatic carbocycles. The molecule has 0 aliphatic carbocycles. The lowest BCUT2D eigenvalue weighted by atomic mass is 10.1. The van der Waals surface area contributed by atoms with E-state index in [2.05, 4.69) is 20.9 Å². The van der Waals surface area contributed by atoms with Gasteiger partial charge in [0.2, 0.25) is 5.88 Å². The summed E-state index contributed by atoms with van der Waals surface area (Å²) in [4.78, 5) is 23.3. The van der Waals surface area contributed by atoms with Gasteiger partial charge in [0.05, 0.1) is 24.4 Å². The van der Waals surface area contributed by atoms with Crippen molar-refractivity contribution in [3.8, 4) is 11.9 Å². The van der Waals surface area contributed by atoms with Crippen LogP contribution in [0.2, 0.25) is 5.02 Å². The molecule has 0 spiro atoms. The van der Waals surface area contributed by atoms with E-state index in [0.717, 1.165) is 36.0 Å². The number of rotatable bonds is 7. The molecule has 1 amide bonds. The highest BCUT2D eigenvalue weighted by molar-refractivity contribution is 6.31. The fraction of sp³-hybridized carbons (Fsp3) is 0.458. The fourth-order valence-electron chi connectivity index (χ4n) is 4.14. The smallest absolute Gasteiger partial charge is 0.288 e. The van der Waals surface area contributed by atoms with Crippen LogP contribution in [0.4, 0.5) is 5.69 Å². The minimum absolute atomic E-state index is 0.0693. The van der Waals surface area contributed by atoms with Crippen molar-refractivity contribution in [3.63, 3.8) is 0 Å². The van der Waals surface area contributed by atoms with Crippen molar-refractivity contribution in [3.05, 3.63) is 40.6 Å². The zero-order valence-electron chi connectivity index (χ0n) is 19.0. The first-order valence-electron chi connectivity index (χ1n) is 11.2. The molecule has 0 atom stereocenters. The first-order valence-corrected chi connectivity index (χ1v) is 11.5. The molecular formula is C24H28ClN5O3. The Morgan fingerprint density at radius 1 is 1.30 bits per heavy atom. The number of nitrogens with zero attached hydrogens (tertiary/aromatic N) is 5. The van der Waals surface area contributed by atoms with Gasteiger partial charge in [-0.15, -0.1) is 0 Å². The van der Waals surface area contributed by atoms with Crippen molar-refractivity contribution in [2.45, 2.75) is 12.8 Å². The van der Waals surface area contributed by atoms with Crippen LogP contribution in [-0.4, -0.2) is 80.7 Å². The van der Waals surface area contributed by atoms with Crippen LogP contribution in [0.1, 0.15) is 18.4 Å². The Hall–Kier alpha value is -3.02. The third-order valence-electron chi connectivity index (χ3n) is 5.79. The number of pyridine rings is 1. The number of piperazine rings is 1. The average molecular weight is 470 g/mol. The zero-order valence-corrected chi connectivity index (χ0v) is 19.8. The Bertz CT molecular complexity index is 1100. The predicted molar refractivity (Wildman–Crippen MR) is 128 cm³/mol.